The van der Waals surface area contributed by atoms with Crippen molar-refractivity contribution in [3.8, 4) is 0 Å². The number of ether oxygens (including phenoxy) is 1. The van der Waals surface area contributed by atoms with Crippen LogP contribution in [0.3, 0.4) is 0 Å². The quantitative estimate of drug-likeness (QED) is 0.728. The molecule has 0 radical (unpaired) electrons. The molecule has 3 heterocycles. The van der Waals surface area contributed by atoms with E-state index >= 15 is 0 Å². The van der Waals surface area contributed by atoms with Gasteiger partial charge in [-0.2, -0.15) is 0 Å². The van der Waals surface area contributed by atoms with Crippen LogP contribution in [-0.4, -0.2) is 48.5 Å². The molecule has 28 heavy (non-hydrogen) atoms. The number of carbonyl (C=O) groups excluding carboxylic acids is 2. The van der Waals surface area contributed by atoms with E-state index in [0.29, 0.717) is 24.2 Å². The molecular formula is C19H24N2O6S. The highest BCUT2D eigenvalue weighted by atomic mass is 32.2. The minimum Gasteiger partial charge on any atom is -0.467 e. The summed E-state index contributed by atoms with van der Waals surface area (Å²) in [5.74, 6) is -0.345. The largest absolute Gasteiger partial charge is 0.467 e. The molecule has 1 aliphatic heterocycles. The Morgan fingerprint density at radius 1 is 1.39 bits per heavy atom. The normalized spacial score (nSPS) is 19.3. The van der Waals surface area contributed by atoms with E-state index in [2.05, 4.69) is 5.32 Å². The van der Waals surface area contributed by atoms with Gasteiger partial charge in [-0.05, 0) is 45.4 Å². The summed E-state index contributed by atoms with van der Waals surface area (Å²) in [6, 6.07) is 4.94. The van der Waals surface area contributed by atoms with Gasteiger partial charge in [0.05, 0.1) is 29.9 Å². The first-order valence-electron chi connectivity index (χ1n) is 9.07. The van der Waals surface area contributed by atoms with Crippen LogP contribution < -0.4 is 5.32 Å². The number of nitrogens with zero attached hydrogens (tertiary/aromatic N) is 1. The minimum atomic E-state index is -3.09. The molecule has 1 fully saturated rings. The lowest BCUT2D eigenvalue weighted by atomic mass is 10.2. The van der Waals surface area contributed by atoms with Crippen molar-refractivity contribution in [3.63, 3.8) is 0 Å². The van der Waals surface area contributed by atoms with Crippen LogP contribution in [0.5, 0.6) is 0 Å². The summed E-state index contributed by atoms with van der Waals surface area (Å²) in [5.41, 5.74) is 1.97. The van der Waals surface area contributed by atoms with E-state index in [1.807, 2.05) is 17.6 Å². The molecule has 1 N–H and O–H groups in total. The maximum atomic E-state index is 12.6. The molecule has 2 atom stereocenters. The molecule has 0 bridgehead atoms. The average molecular weight is 408 g/mol. The monoisotopic (exact) mass is 408 g/mol. The predicted octanol–water partition coefficient (Wildman–Crippen LogP) is 1.59. The zero-order chi connectivity index (χ0) is 20.5. The molecule has 152 valence electrons. The maximum absolute atomic E-state index is 12.6. The van der Waals surface area contributed by atoms with Gasteiger partial charge in [-0.25, -0.2) is 13.2 Å². The number of sulfone groups is 1. The first-order chi connectivity index (χ1) is 13.2. The number of amides is 1. The Morgan fingerprint density at radius 3 is 2.75 bits per heavy atom. The fraction of sp³-hybridized carbons (Fsp3) is 0.474. The molecule has 0 unspecified atom stereocenters. The van der Waals surface area contributed by atoms with E-state index in [1.54, 1.807) is 25.3 Å². The molecule has 1 amide bonds. The molecule has 3 rings (SSSR count). The van der Waals surface area contributed by atoms with Crippen LogP contribution in [-0.2, 0) is 25.9 Å². The number of carbonyl (C=O) groups is 2. The molecular weight excluding hydrogens is 384 g/mol. The number of rotatable bonds is 6. The SMILES string of the molecule is Cc1cc(C(=O)O[C@@H](C)C(=O)N[C@@H]2CCS(=O)(=O)C2)c(C)n1Cc1ccco1. The van der Waals surface area contributed by atoms with Gasteiger partial charge >= 0.3 is 5.97 Å². The molecule has 0 aromatic carbocycles. The lowest BCUT2D eigenvalue weighted by Crippen LogP contribution is -2.42. The smallest absolute Gasteiger partial charge is 0.340 e. The van der Waals surface area contributed by atoms with Crippen LogP contribution in [0.4, 0.5) is 0 Å². The third-order valence-electron chi connectivity index (χ3n) is 4.92. The highest BCUT2D eigenvalue weighted by Crippen LogP contribution is 2.19. The van der Waals surface area contributed by atoms with Crippen LogP contribution in [0.2, 0.25) is 0 Å². The molecule has 2 aromatic heterocycles. The van der Waals surface area contributed by atoms with Gasteiger partial charge in [0.1, 0.15) is 5.76 Å². The lowest BCUT2D eigenvalue weighted by molar-refractivity contribution is -0.129. The molecule has 1 aliphatic rings. The summed E-state index contributed by atoms with van der Waals surface area (Å²) in [4.78, 5) is 24.8. The summed E-state index contributed by atoms with van der Waals surface area (Å²) in [7, 11) is -3.09. The number of furan rings is 1. The van der Waals surface area contributed by atoms with E-state index in [0.717, 1.165) is 11.5 Å². The number of aromatic nitrogens is 1. The van der Waals surface area contributed by atoms with Crippen molar-refractivity contribution < 1.29 is 27.2 Å². The average Bonchev–Trinajstić information content (AvgIpc) is 3.31. The topological polar surface area (TPSA) is 108 Å². The number of hydrogen-bond acceptors (Lipinski definition) is 6. The van der Waals surface area contributed by atoms with Crippen molar-refractivity contribution in [1.82, 2.24) is 9.88 Å². The van der Waals surface area contributed by atoms with Gasteiger partial charge in [-0.3, -0.25) is 4.79 Å². The Kier molecular flexibility index (Phi) is 5.64. The van der Waals surface area contributed by atoms with Crippen molar-refractivity contribution in [2.45, 2.75) is 45.9 Å². The fourth-order valence-electron chi connectivity index (χ4n) is 3.31. The number of hydrogen-bond donors (Lipinski definition) is 1. The first-order valence-corrected chi connectivity index (χ1v) is 10.9. The summed E-state index contributed by atoms with van der Waals surface area (Å²) in [5, 5.41) is 2.64. The van der Waals surface area contributed by atoms with Gasteiger partial charge in [-0.15, -0.1) is 0 Å². The Labute approximate surface area is 163 Å². The van der Waals surface area contributed by atoms with Crippen LogP contribution in [0.1, 0.15) is 40.9 Å². The summed E-state index contributed by atoms with van der Waals surface area (Å²) >= 11 is 0. The summed E-state index contributed by atoms with van der Waals surface area (Å²) < 4.78 is 35.6. The molecule has 0 saturated carbocycles. The van der Waals surface area contributed by atoms with Gasteiger partial charge in [0.15, 0.2) is 15.9 Å². The third-order valence-corrected chi connectivity index (χ3v) is 6.69. The van der Waals surface area contributed by atoms with E-state index < -0.39 is 33.9 Å². The molecule has 9 heteroatoms. The van der Waals surface area contributed by atoms with Crippen molar-refractivity contribution in [3.05, 3.63) is 47.2 Å². The third kappa shape index (κ3) is 4.46. The summed E-state index contributed by atoms with van der Waals surface area (Å²) in [6.07, 6.45) is 0.945. The molecule has 1 saturated heterocycles. The highest BCUT2D eigenvalue weighted by molar-refractivity contribution is 7.91. The van der Waals surface area contributed by atoms with E-state index in [9.17, 15) is 18.0 Å². The minimum absolute atomic E-state index is 0.0633. The molecule has 0 aliphatic carbocycles. The zero-order valence-electron chi connectivity index (χ0n) is 16.1. The van der Waals surface area contributed by atoms with Crippen LogP contribution >= 0.6 is 0 Å². The second kappa shape index (κ2) is 7.83. The highest BCUT2D eigenvalue weighted by Gasteiger charge is 2.31. The first kappa shape index (κ1) is 20.2. The number of nitrogens with one attached hydrogen (secondary N) is 1. The lowest BCUT2D eigenvalue weighted by Gasteiger charge is -2.16. The zero-order valence-corrected chi connectivity index (χ0v) is 16.9. The Hall–Kier alpha value is -2.55. The van der Waals surface area contributed by atoms with E-state index in [-0.39, 0.29) is 11.5 Å². The molecule has 0 spiro atoms. The van der Waals surface area contributed by atoms with Crippen molar-refractivity contribution in [1.29, 1.82) is 0 Å². The second-order valence-electron chi connectivity index (χ2n) is 7.11. The van der Waals surface area contributed by atoms with Crippen molar-refractivity contribution >= 4 is 21.7 Å². The van der Waals surface area contributed by atoms with Crippen LogP contribution in [0.25, 0.3) is 0 Å². The van der Waals surface area contributed by atoms with Gasteiger partial charge in [-0.1, -0.05) is 0 Å². The number of aryl methyl sites for hydroxylation is 1. The van der Waals surface area contributed by atoms with Crippen molar-refractivity contribution in [2.75, 3.05) is 11.5 Å². The Balaban J connectivity index is 1.63. The predicted molar refractivity (Wildman–Crippen MR) is 102 cm³/mol. The fourth-order valence-corrected chi connectivity index (χ4v) is 4.99. The van der Waals surface area contributed by atoms with Gasteiger partial charge < -0.3 is 19.0 Å². The van der Waals surface area contributed by atoms with Crippen LogP contribution in [0.15, 0.2) is 28.9 Å². The standard InChI is InChI=1S/C19H24N2O6S/c1-12-9-17(13(2)21(12)10-16-5-4-7-26-16)19(23)27-14(3)18(22)20-15-6-8-28(24,25)11-15/h4-5,7,9,14-15H,6,8,10-11H2,1-3H3,(H,20,22)/t14-,15+/m0/s1. The van der Waals surface area contributed by atoms with Crippen molar-refractivity contribution in [2.24, 2.45) is 0 Å². The van der Waals surface area contributed by atoms with Gasteiger partial charge in [0, 0.05) is 17.4 Å². The Morgan fingerprint density at radius 2 is 2.14 bits per heavy atom. The van der Waals surface area contributed by atoms with E-state index in [1.165, 1.54) is 6.92 Å². The number of esters is 1. The second-order valence-corrected chi connectivity index (χ2v) is 9.34. The van der Waals surface area contributed by atoms with Gasteiger partial charge in [0.25, 0.3) is 5.91 Å². The van der Waals surface area contributed by atoms with E-state index in [4.69, 9.17) is 9.15 Å². The maximum Gasteiger partial charge on any atom is 0.340 e. The van der Waals surface area contributed by atoms with Gasteiger partial charge in [0.2, 0.25) is 0 Å². The summed E-state index contributed by atoms with van der Waals surface area (Å²) in [6.45, 7) is 5.65. The molecule has 2 aromatic rings. The van der Waals surface area contributed by atoms with Crippen LogP contribution in [0, 0.1) is 13.8 Å². The molecule has 8 nitrogen and oxygen atoms in total. The Bertz CT molecular complexity index is 974.